The van der Waals surface area contributed by atoms with Crippen molar-refractivity contribution in [2.45, 2.75) is 183 Å². The molecule has 41 nitrogen and oxygen atoms in total. The molecule has 754 valence electrons. The molecule has 0 aliphatic rings. The Labute approximate surface area is 829 Å². The molecule has 0 saturated carbocycles. The van der Waals surface area contributed by atoms with E-state index in [1.165, 1.54) is 12.5 Å². The van der Waals surface area contributed by atoms with Crippen molar-refractivity contribution in [2.75, 3.05) is 19.6 Å². The van der Waals surface area contributed by atoms with Crippen molar-refractivity contribution in [2.24, 2.45) is 66.8 Å². The number of hydrogen-bond acceptors (Lipinski definition) is 17. The van der Waals surface area contributed by atoms with Gasteiger partial charge in [0.15, 0.2) is 17.9 Å². The summed E-state index contributed by atoms with van der Waals surface area (Å²) in [6.07, 6.45) is 10.6. The minimum atomic E-state index is -1.57. The molecule has 41 heteroatoms. The summed E-state index contributed by atoms with van der Waals surface area (Å²) in [5, 5.41) is 35.3. The number of nitrogens with one attached hydrogen (secondary N) is 17. The Bertz CT molecular complexity index is 6710. The number of aliphatic imine (C=N–C) groups is 3. The first kappa shape index (κ1) is 104. The zero-order valence-corrected chi connectivity index (χ0v) is 79.9. The summed E-state index contributed by atoms with van der Waals surface area (Å²) in [6, 6.07) is 36.6. The number of primary amides is 1. The van der Waals surface area contributed by atoms with Gasteiger partial charge in [-0.05, 0) is 114 Å². The molecular formula is C103H125N29O12. The zero-order valence-electron chi connectivity index (χ0n) is 79.9. The lowest BCUT2D eigenvalue weighted by molar-refractivity contribution is -0.136. The van der Waals surface area contributed by atoms with Gasteiger partial charge in [0.2, 0.25) is 70.9 Å². The number of para-hydroxylation sites is 5. The predicted molar refractivity (Wildman–Crippen MR) is 550 cm³/mol. The molecule has 12 amide bonds. The smallest absolute Gasteiger partial charge is 0.243 e. The van der Waals surface area contributed by atoms with Crippen LogP contribution >= 0.6 is 0 Å². The van der Waals surface area contributed by atoms with Crippen LogP contribution in [0.4, 0.5) is 0 Å². The first-order valence-electron chi connectivity index (χ1n) is 47.9. The number of nitrogens with zero attached hydrogens (tertiary/aromatic N) is 4. The molecule has 0 fully saturated rings. The van der Waals surface area contributed by atoms with E-state index in [1.54, 1.807) is 118 Å². The molecule has 7 aromatic carbocycles. The van der Waals surface area contributed by atoms with Crippen molar-refractivity contribution in [3.05, 3.63) is 270 Å². The van der Waals surface area contributed by atoms with Crippen LogP contribution in [0.1, 0.15) is 103 Å². The minimum absolute atomic E-state index is 0.0230. The minimum Gasteiger partial charge on any atom is -0.370 e. The Morgan fingerprint density at radius 3 is 0.875 bits per heavy atom. The van der Waals surface area contributed by atoms with E-state index < -0.39 is 149 Å². The number of rotatable bonds is 53. The monoisotopic (exact) mass is 1960 g/mol. The average Bonchev–Trinajstić information content (AvgIpc) is 1.61. The summed E-state index contributed by atoms with van der Waals surface area (Å²) in [6.45, 7) is 3.68. The summed E-state index contributed by atoms with van der Waals surface area (Å²) in [4.78, 5) is 218. The number of benzene rings is 7. The summed E-state index contributed by atoms with van der Waals surface area (Å²) in [7, 11) is 0. The lowest BCUT2D eigenvalue weighted by Gasteiger charge is -2.30. The highest BCUT2D eigenvalue weighted by Gasteiger charge is 2.40. The Balaban J connectivity index is 0.773. The number of guanidine groups is 3. The Kier molecular flexibility index (Phi) is 36.6. The van der Waals surface area contributed by atoms with Gasteiger partial charge in [0.05, 0.1) is 18.1 Å². The van der Waals surface area contributed by atoms with E-state index in [1.807, 2.05) is 109 Å². The Morgan fingerprint density at radius 2 is 0.562 bits per heavy atom. The fraction of sp³-hybridized carbons (Fsp3) is 0.320. The second-order valence-corrected chi connectivity index (χ2v) is 35.8. The molecule has 0 saturated heterocycles. The van der Waals surface area contributed by atoms with Crippen LogP contribution in [0.3, 0.4) is 0 Å². The fourth-order valence-electron chi connectivity index (χ4n) is 17.5. The summed E-state index contributed by atoms with van der Waals surface area (Å²) in [5.41, 5.74) is 54.7. The summed E-state index contributed by atoms with van der Waals surface area (Å²) in [5.74, 6) is -11.5. The van der Waals surface area contributed by atoms with Crippen molar-refractivity contribution < 1.29 is 57.5 Å². The third-order valence-corrected chi connectivity index (χ3v) is 25.4. The number of aromatic amines is 6. The van der Waals surface area contributed by atoms with Gasteiger partial charge in [-0.25, -0.2) is 4.98 Å². The lowest BCUT2D eigenvalue weighted by atomic mass is 9.96. The van der Waals surface area contributed by atoms with Crippen molar-refractivity contribution in [3.8, 4) is 0 Å². The molecule has 0 bridgehead atoms. The van der Waals surface area contributed by atoms with Crippen LogP contribution < -0.4 is 104 Å². The second kappa shape index (κ2) is 50.6. The third kappa shape index (κ3) is 29.0. The van der Waals surface area contributed by atoms with Gasteiger partial charge in [0.1, 0.15) is 66.5 Å². The van der Waals surface area contributed by atoms with E-state index in [-0.39, 0.29) is 133 Å². The molecule has 0 unspecified atom stereocenters. The van der Waals surface area contributed by atoms with E-state index in [4.69, 9.17) is 45.9 Å². The van der Waals surface area contributed by atoms with Crippen LogP contribution in [0.15, 0.2) is 240 Å². The Morgan fingerprint density at radius 1 is 0.299 bits per heavy atom. The molecule has 0 radical (unpaired) electrons. The van der Waals surface area contributed by atoms with E-state index in [0.717, 1.165) is 21.8 Å². The summed E-state index contributed by atoms with van der Waals surface area (Å²) >= 11 is 0. The first-order chi connectivity index (χ1) is 69.5. The number of fused-ring (bicyclic) bond motifs is 5. The van der Waals surface area contributed by atoms with Crippen molar-refractivity contribution >= 4 is 143 Å². The molecule has 144 heavy (non-hydrogen) atoms. The molecule has 0 aliphatic carbocycles. The number of amides is 12. The molecular weight excluding hydrogens is 1840 g/mol. The largest absolute Gasteiger partial charge is 0.370 e. The van der Waals surface area contributed by atoms with E-state index in [9.17, 15) is 14.4 Å². The number of nitrogens with two attached hydrogens (primary N) is 8. The molecule has 6 aromatic heterocycles. The van der Waals surface area contributed by atoms with Crippen molar-refractivity contribution in [1.29, 1.82) is 0 Å². The normalized spacial score (nSPS) is 14.0. The number of carbonyl (C=O) groups is 12. The topological polar surface area (TPSA) is 690 Å². The highest BCUT2D eigenvalue weighted by molar-refractivity contribution is 6.02. The maximum atomic E-state index is 15.9. The molecule has 13 aromatic rings. The molecule has 13 atom stereocenters. The van der Waals surface area contributed by atoms with E-state index in [2.05, 4.69) is 108 Å². The van der Waals surface area contributed by atoms with Crippen molar-refractivity contribution in [1.82, 2.24) is 93.4 Å². The maximum Gasteiger partial charge on any atom is 0.243 e. The Hall–Kier alpha value is -17.1. The molecule has 0 spiro atoms. The van der Waals surface area contributed by atoms with Gasteiger partial charge in [0.25, 0.3) is 0 Å². The first-order valence-corrected chi connectivity index (χ1v) is 47.9. The van der Waals surface area contributed by atoms with Gasteiger partial charge < -0.3 is 134 Å². The van der Waals surface area contributed by atoms with Gasteiger partial charge in [0, 0.05) is 163 Å². The van der Waals surface area contributed by atoms with Gasteiger partial charge in [-0.15, -0.1) is 0 Å². The van der Waals surface area contributed by atoms with Gasteiger partial charge >= 0.3 is 0 Å². The van der Waals surface area contributed by atoms with Crippen LogP contribution in [0, 0.1) is 5.92 Å². The molecule has 0 aliphatic heterocycles. The van der Waals surface area contributed by atoms with Gasteiger partial charge in [-0.1, -0.05) is 172 Å². The number of H-pyrrole nitrogens is 6. The lowest BCUT2D eigenvalue weighted by Crippen LogP contribution is -2.62. The third-order valence-electron chi connectivity index (χ3n) is 25.4. The highest BCUT2D eigenvalue weighted by atomic mass is 16.2. The quantitative estimate of drug-likeness (QED) is 0.0148. The van der Waals surface area contributed by atoms with Crippen LogP contribution in [0.25, 0.3) is 54.5 Å². The predicted octanol–water partition coefficient (Wildman–Crippen LogP) is 2.41. The zero-order chi connectivity index (χ0) is 102. The van der Waals surface area contributed by atoms with Gasteiger partial charge in [-0.3, -0.25) is 72.5 Å². The van der Waals surface area contributed by atoms with Gasteiger partial charge in [-0.2, -0.15) is 0 Å². The number of aromatic nitrogens is 7. The number of hydrogen-bond donors (Lipinski definition) is 25. The highest BCUT2D eigenvalue weighted by Crippen LogP contribution is 2.27. The SMILES string of the molecule is CC[C@H](C)[C@H](NC(=O)[C@@H](Cc1ccccc1)NC(=O)[C@@H](Cc1c[nH]c2ccccc12)NC(=O)[C@H](CCCN=C(N)N)NC(=O)[C@H](Cc1c[nH]c2ccccc12)NC(=O)[C@H](Cc1c[nH]c2ccccc12)NC(=O)[C@@H](N)CCCN=C(N)N)C(=O)N[C@H](Cc1ccccc1)C(=O)N[C@@H](Cc1c[nH]cn1)C(=O)N[C@@H](Cc1c[nH]c2ccccc12)C(=O)N[C@@H](CCCN=C(N)N)C(=O)N[C@@H](Cc1c[nH]c2ccccc12)C(N)=O. The fourth-order valence-corrected chi connectivity index (χ4v) is 17.5. The number of imidazole rings is 1. The average molecular weight is 1960 g/mol. The second-order valence-electron chi connectivity index (χ2n) is 35.8. The standard InChI is InChI=1S/C103H125N29O12/c1-3-58(2)88(100(144)131-81(43-59-23-6-4-7-24-59)93(137)130-87(50-66-56-112-57-121-66)98(142)129-85(48-64-54-119-76-36-18-13-30-70(64)76)95(139)122-78(38-21-41-114-102(108)109)91(135)124-80(89(105)133)45-61-51-116-73-33-15-10-27-67(61)73)132-99(143)82(44-60-25-8-5-9-26-60)126-97(141)86(49-65-55-120-77-37-19-14-31-71(65)77)127-92(136)79(39-22-42-115-103(110)111)123-94(138)84(47-63-53-118-75-35-17-12-29-69(63)75)128-96(140)83(46-62-52-117-74-34-16-11-28-68(62)74)125-90(134)72(104)32-20-40-113-101(106)107/h4-19,23-31,33-37,51-58,72,78-88,116-120H,3,20-22,32,38-50,104H2,1-2H3,(H2,105,133)(H,112,121)(H,122,139)(H,123,138)(H,124,135)(H,125,134)(H,126,141)(H,127,136)(H,128,140)(H,129,142)(H,130,137)(H,131,144)(H,132,143)(H4,106,107,113)(H4,108,109,114)(H4,110,111,115)/t58-,72-,78-,79-,80-,81+,82+,83-,84-,85-,86+,87-,88-/m0/s1. The van der Waals surface area contributed by atoms with Crippen LogP contribution in [-0.4, -0.2) is 216 Å². The van der Waals surface area contributed by atoms with E-state index in [0.29, 0.717) is 78.1 Å². The van der Waals surface area contributed by atoms with Crippen LogP contribution in [-0.2, 0) is 109 Å². The molecule has 13 rings (SSSR count). The number of carbonyl (C=O) groups excluding carboxylic acids is 12. The van der Waals surface area contributed by atoms with Crippen LogP contribution in [0.5, 0.6) is 0 Å². The van der Waals surface area contributed by atoms with E-state index >= 15 is 43.2 Å². The summed E-state index contributed by atoms with van der Waals surface area (Å²) < 4.78 is 0. The maximum absolute atomic E-state index is 15.9. The molecule has 6 heterocycles. The van der Waals surface area contributed by atoms with Crippen molar-refractivity contribution in [3.63, 3.8) is 0 Å². The van der Waals surface area contributed by atoms with Crippen LogP contribution in [0.2, 0.25) is 0 Å². The molecule has 33 N–H and O–H groups in total.